The molecule has 11 nitrogen and oxygen atoms in total. The van der Waals surface area contributed by atoms with E-state index in [1.54, 1.807) is 31.2 Å². The number of carbonyl (C=O) groups is 3. The molecule has 2 aromatic carbocycles. The number of benzene rings is 2. The molecule has 0 unspecified atom stereocenters. The van der Waals surface area contributed by atoms with Crippen LogP contribution in [0.5, 0.6) is 0 Å². The summed E-state index contributed by atoms with van der Waals surface area (Å²) >= 11 is 0. The Hall–Kier alpha value is -3.58. The van der Waals surface area contributed by atoms with E-state index in [0.29, 0.717) is 17.8 Å². The average molecular weight is 569 g/mol. The summed E-state index contributed by atoms with van der Waals surface area (Å²) in [6, 6.07) is 12.5. The van der Waals surface area contributed by atoms with E-state index in [4.69, 9.17) is 4.74 Å². The Kier molecular flexibility index (Phi) is 7.29. The normalized spacial score (nSPS) is 23.1. The van der Waals surface area contributed by atoms with Gasteiger partial charge in [0.2, 0.25) is 10.0 Å². The van der Waals surface area contributed by atoms with Gasteiger partial charge in [0, 0.05) is 43.9 Å². The number of hydrogen-bond donors (Lipinski definition) is 1. The molecule has 40 heavy (non-hydrogen) atoms. The van der Waals surface area contributed by atoms with Crippen LogP contribution in [0.4, 0.5) is 5.69 Å². The molecule has 0 saturated carbocycles. The summed E-state index contributed by atoms with van der Waals surface area (Å²) in [6.45, 7) is 3.41. The van der Waals surface area contributed by atoms with Gasteiger partial charge in [0.15, 0.2) is 5.54 Å². The van der Waals surface area contributed by atoms with E-state index in [1.165, 1.54) is 38.4 Å². The SMILES string of the molecule is CCN1C(=O)[C@@]2(C(=C(O)c3cccc(S(=O)(=O)N4CCOCC4)c3)C(=O)C(=O)N2CCN(C)C)c2ccccc21. The summed E-state index contributed by atoms with van der Waals surface area (Å²) in [5.74, 6) is -3.03. The number of rotatable bonds is 7. The van der Waals surface area contributed by atoms with Gasteiger partial charge in [0.1, 0.15) is 5.76 Å². The molecule has 2 fully saturated rings. The lowest BCUT2D eigenvalue weighted by Gasteiger charge is -2.35. The lowest BCUT2D eigenvalue weighted by molar-refractivity contribution is -0.143. The number of Topliss-reactive ketones (excluding diaryl/α,β-unsaturated/α-hetero) is 1. The number of aliphatic hydroxyl groups is 1. The summed E-state index contributed by atoms with van der Waals surface area (Å²) in [4.78, 5) is 46.0. The third-order valence-electron chi connectivity index (χ3n) is 7.61. The van der Waals surface area contributed by atoms with E-state index in [0.717, 1.165) is 0 Å². The minimum atomic E-state index is -3.92. The van der Waals surface area contributed by atoms with Crippen LogP contribution in [-0.4, -0.2) is 105 Å². The van der Waals surface area contributed by atoms with Gasteiger partial charge in [-0.2, -0.15) is 4.31 Å². The summed E-state index contributed by atoms with van der Waals surface area (Å²) < 4.78 is 33.2. The molecule has 2 amide bonds. The summed E-state index contributed by atoms with van der Waals surface area (Å²) in [7, 11) is -0.294. The number of aliphatic hydroxyl groups excluding tert-OH is 1. The largest absolute Gasteiger partial charge is 0.507 e. The lowest BCUT2D eigenvalue weighted by atomic mass is 9.82. The summed E-state index contributed by atoms with van der Waals surface area (Å²) in [6.07, 6.45) is 0. The molecule has 2 aromatic rings. The molecule has 5 rings (SSSR count). The number of anilines is 1. The zero-order valence-electron chi connectivity index (χ0n) is 22.7. The Morgan fingerprint density at radius 1 is 1.05 bits per heavy atom. The molecular formula is C28H32N4O7S. The Morgan fingerprint density at radius 2 is 1.75 bits per heavy atom. The maximum absolute atomic E-state index is 14.2. The van der Waals surface area contributed by atoms with Gasteiger partial charge in [-0.15, -0.1) is 0 Å². The van der Waals surface area contributed by atoms with Gasteiger partial charge in [-0.3, -0.25) is 14.4 Å². The van der Waals surface area contributed by atoms with Crippen molar-refractivity contribution < 1.29 is 32.6 Å². The van der Waals surface area contributed by atoms with Crippen LogP contribution in [0.3, 0.4) is 0 Å². The number of ketones is 1. The highest BCUT2D eigenvalue weighted by Gasteiger charge is 2.66. The quantitative estimate of drug-likeness (QED) is 0.300. The highest BCUT2D eigenvalue weighted by Crippen LogP contribution is 2.53. The van der Waals surface area contributed by atoms with Crippen molar-refractivity contribution in [3.63, 3.8) is 0 Å². The number of hydrogen-bond acceptors (Lipinski definition) is 8. The highest BCUT2D eigenvalue weighted by atomic mass is 32.2. The molecule has 12 heteroatoms. The minimum Gasteiger partial charge on any atom is -0.507 e. The number of nitrogens with zero attached hydrogens (tertiary/aromatic N) is 4. The Labute approximate surface area is 233 Å². The van der Waals surface area contributed by atoms with Crippen LogP contribution in [-0.2, 0) is 34.7 Å². The van der Waals surface area contributed by atoms with Crippen molar-refractivity contribution in [3.05, 3.63) is 65.2 Å². The predicted octanol–water partition coefficient (Wildman–Crippen LogP) is 1.21. The molecule has 1 N–H and O–H groups in total. The van der Waals surface area contributed by atoms with Gasteiger partial charge in [0.25, 0.3) is 17.6 Å². The fraction of sp³-hybridized carbons (Fsp3) is 0.393. The standard InChI is InChI=1S/C28H32N4O7S/c1-4-31-22-11-6-5-10-21(22)28(27(31)36)23(25(34)26(35)32(28)13-12-29(2)3)24(33)19-8-7-9-20(18-19)40(37,38)30-14-16-39-17-15-30/h5-11,18,33H,4,12-17H2,1-3H3/t28-/m0/s1. The second-order valence-electron chi connectivity index (χ2n) is 10.1. The van der Waals surface area contributed by atoms with E-state index in [-0.39, 0.29) is 55.4 Å². The van der Waals surface area contributed by atoms with Crippen LogP contribution in [0, 0.1) is 0 Å². The van der Waals surface area contributed by atoms with Crippen LogP contribution >= 0.6 is 0 Å². The molecule has 0 aromatic heterocycles. The molecule has 2 saturated heterocycles. The molecule has 0 aliphatic carbocycles. The Morgan fingerprint density at radius 3 is 2.42 bits per heavy atom. The van der Waals surface area contributed by atoms with Gasteiger partial charge in [-0.1, -0.05) is 30.3 Å². The number of morpholine rings is 1. The first kappa shape index (κ1) is 28.0. The number of para-hydroxylation sites is 1. The molecule has 1 spiro atoms. The van der Waals surface area contributed by atoms with E-state index < -0.39 is 38.9 Å². The monoisotopic (exact) mass is 568 g/mol. The van der Waals surface area contributed by atoms with E-state index in [1.807, 2.05) is 19.0 Å². The number of amides is 2. The van der Waals surface area contributed by atoms with Crippen LogP contribution in [0.15, 0.2) is 59.0 Å². The van der Waals surface area contributed by atoms with Crippen LogP contribution < -0.4 is 4.90 Å². The van der Waals surface area contributed by atoms with Gasteiger partial charge in [-0.05, 0) is 39.2 Å². The molecule has 3 heterocycles. The maximum atomic E-state index is 14.2. The van der Waals surface area contributed by atoms with Gasteiger partial charge >= 0.3 is 0 Å². The van der Waals surface area contributed by atoms with Crippen molar-refractivity contribution in [2.75, 3.05) is 64.9 Å². The fourth-order valence-electron chi connectivity index (χ4n) is 5.66. The second kappa shape index (κ2) is 10.4. The topological polar surface area (TPSA) is 128 Å². The van der Waals surface area contributed by atoms with Crippen molar-refractivity contribution in [2.45, 2.75) is 17.4 Å². The number of sulfonamides is 1. The minimum absolute atomic E-state index is 0.0135. The van der Waals surface area contributed by atoms with Gasteiger partial charge in [-0.25, -0.2) is 8.42 Å². The average Bonchev–Trinajstić information content (AvgIpc) is 3.34. The fourth-order valence-corrected chi connectivity index (χ4v) is 7.12. The Bertz CT molecular complexity index is 1510. The number of likely N-dealkylation sites (N-methyl/N-ethyl adjacent to an activating group) is 2. The lowest BCUT2D eigenvalue weighted by Crippen LogP contribution is -2.53. The number of fused-ring (bicyclic) bond motifs is 2. The van der Waals surface area contributed by atoms with E-state index in [2.05, 4.69) is 0 Å². The molecule has 1 atom stereocenters. The van der Waals surface area contributed by atoms with Crippen molar-refractivity contribution in [2.24, 2.45) is 0 Å². The summed E-state index contributed by atoms with van der Waals surface area (Å²) in [5.41, 5.74) is -1.29. The summed E-state index contributed by atoms with van der Waals surface area (Å²) in [5, 5.41) is 11.7. The smallest absolute Gasteiger partial charge is 0.296 e. The van der Waals surface area contributed by atoms with E-state index >= 15 is 0 Å². The second-order valence-corrected chi connectivity index (χ2v) is 12.1. The predicted molar refractivity (Wildman–Crippen MR) is 147 cm³/mol. The van der Waals surface area contributed by atoms with Crippen molar-refractivity contribution in [1.29, 1.82) is 0 Å². The molecule has 3 aliphatic heterocycles. The molecule has 0 radical (unpaired) electrons. The maximum Gasteiger partial charge on any atom is 0.296 e. The van der Waals surface area contributed by atoms with Crippen molar-refractivity contribution in [3.8, 4) is 0 Å². The van der Waals surface area contributed by atoms with Gasteiger partial charge < -0.3 is 24.5 Å². The molecule has 212 valence electrons. The zero-order valence-corrected chi connectivity index (χ0v) is 23.5. The van der Waals surface area contributed by atoms with Crippen LogP contribution in [0.2, 0.25) is 0 Å². The Balaban J connectivity index is 1.72. The van der Waals surface area contributed by atoms with E-state index in [9.17, 15) is 27.9 Å². The van der Waals surface area contributed by atoms with Crippen molar-refractivity contribution in [1.82, 2.24) is 14.1 Å². The first-order valence-electron chi connectivity index (χ1n) is 13.1. The van der Waals surface area contributed by atoms with Gasteiger partial charge in [0.05, 0.1) is 29.4 Å². The van der Waals surface area contributed by atoms with Crippen LogP contribution in [0.25, 0.3) is 5.76 Å². The number of ether oxygens (including phenoxy) is 1. The third-order valence-corrected chi connectivity index (χ3v) is 9.51. The molecule has 3 aliphatic rings. The number of likely N-dealkylation sites (tertiary alicyclic amines) is 1. The van der Waals surface area contributed by atoms with Crippen LogP contribution in [0.1, 0.15) is 18.1 Å². The van der Waals surface area contributed by atoms with Crippen molar-refractivity contribution >= 4 is 39.1 Å². The highest BCUT2D eigenvalue weighted by molar-refractivity contribution is 7.89. The zero-order chi connectivity index (χ0) is 28.8. The molecular weight excluding hydrogens is 536 g/mol. The number of carbonyl (C=O) groups excluding carboxylic acids is 3. The third kappa shape index (κ3) is 4.14. The first-order valence-corrected chi connectivity index (χ1v) is 14.5. The first-order chi connectivity index (χ1) is 19.1. The molecule has 0 bridgehead atoms.